The van der Waals surface area contributed by atoms with Gasteiger partial charge in [0.15, 0.2) is 0 Å². The number of piperidine rings is 2. The minimum absolute atomic E-state index is 0.0246. The molecule has 3 fully saturated rings. The summed E-state index contributed by atoms with van der Waals surface area (Å²) in [7, 11) is -3.99. The number of ketones is 1. The van der Waals surface area contributed by atoms with E-state index in [-0.39, 0.29) is 35.3 Å². The molecular weight excluding hydrogens is 823 g/mol. The Balaban J connectivity index is 0.831. The first-order chi connectivity index (χ1) is 29.7. The maximum atomic E-state index is 15.6. The molecule has 0 aliphatic carbocycles. The number of nitrogens with two attached hydrogens (primary N) is 1. The van der Waals surface area contributed by atoms with Crippen LogP contribution in [0.1, 0.15) is 65.6 Å². The first-order valence-corrected chi connectivity index (χ1v) is 22.1. The molecule has 2 atom stereocenters. The first-order valence-electron chi connectivity index (χ1n) is 20.5. The lowest BCUT2D eigenvalue weighted by molar-refractivity contribution is -0.134. The molecule has 19 heteroatoms. The minimum Gasteiger partial charge on any atom is -0.374 e. The van der Waals surface area contributed by atoms with Crippen molar-refractivity contribution in [1.29, 1.82) is 0 Å². The molecule has 5 aromatic rings. The zero-order chi connectivity index (χ0) is 43.7. The zero-order valence-electron chi connectivity index (χ0n) is 33.9. The summed E-state index contributed by atoms with van der Waals surface area (Å²) in [5, 5.41) is 9.94. The second kappa shape index (κ2) is 17.7. The molecule has 3 aliphatic rings. The van der Waals surface area contributed by atoms with Crippen molar-refractivity contribution in [3.05, 3.63) is 101 Å². The van der Waals surface area contributed by atoms with E-state index in [0.29, 0.717) is 79.6 Å². The van der Waals surface area contributed by atoms with Crippen LogP contribution in [0.25, 0.3) is 22.2 Å². The largest absolute Gasteiger partial charge is 0.374 e. The van der Waals surface area contributed by atoms with Crippen LogP contribution in [-0.4, -0.2) is 119 Å². The standard InChI is InChI=1S/C43H46F2N10O6S/c1-25(62(46,60)61)18-28-4-7-34(44)38(39(28)45)40(58)33-23-48-41-32(33)19-29(20-47-41)30-21-49-43(50-22-30)55-16-14-54(15-17-55)37(57)24-53-12-10-27(11-13-53)26-2-5-31(6-3-26)51-35-8-9-36(56)52-42(35)59/h2-7,19-23,25,27,35,51H,8-18,24H2,1H3,(H,47,48)(H2,46,60,61)(H,52,56,59). The number of benzene rings is 2. The molecule has 0 bridgehead atoms. The van der Waals surface area contributed by atoms with Crippen LogP contribution in [0.4, 0.5) is 20.4 Å². The molecule has 2 aromatic carbocycles. The number of hydrogen-bond donors (Lipinski definition) is 4. The number of anilines is 2. The van der Waals surface area contributed by atoms with Crippen molar-refractivity contribution >= 4 is 56.2 Å². The Morgan fingerprint density at radius 2 is 1.61 bits per heavy atom. The molecule has 6 heterocycles. The first kappa shape index (κ1) is 42.5. The van der Waals surface area contributed by atoms with Crippen molar-refractivity contribution in [2.75, 3.05) is 56.0 Å². The molecule has 3 aromatic heterocycles. The Bertz CT molecular complexity index is 2630. The van der Waals surface area contributed by atoms with Crippen LogP contribution < -0.4 is 20.7 Å². The van der Waals surface area contributed by atoms with Gasteiger partial charge in [-0.1, -0.05) is 18.2 Å². The number of rotatable bonds is 12. The number of aromatic amines is 1. The number of carbonyl (C=O) groups excluding carboxylic acids is 4. The smallest absolute Gasteiger partial charge is 0.249 e. The zero-order valence-corrected chi connectivity index (χ0v) is 34.8. The monoisotopic (exact) mass is 868 g/mol. The highest BCUT2D eigenvalue weighted by molar-refractivity contribution is 7.89. The Labute approximate surface area is 356 Å². The normalized spacial score (nSPS) is 18.5. The van der Waals surface area contributed by atoms with Gasteiger partial charge < -0.3 is 20.1 Å². The van der Waals surface area contributed by atoms with Gasteiger partial charge >= 0.3 is 0 Å². The second-order valence-corrected chi connectivity index (χ2v) is 18.1. The van der Waals surface area contributed by atoms with Crippen LogP contribution in [0.2, 0.25) is 0 Å². The van der Waals surface area contributed by atoms with E-state index in [9.17, 15) is 32.0 Å². The summed E-state index contributed by atoms with van der Waals surface area (Å²) in [5.41, 5.74) is 2.54. The van der Waals surface area contributed by atoms with Crippen molar-refractivity contribution in [2.45, 2.75) is 56.2 Å². The second-order valence-electron chi connectivity index (χ2n) is 16.1. The van der Waals surface area contributed by atoms with E-state index in [1.807, 2.05) is 21.9 Å². The molecule has 16 nitrogen and oxygen atoms in total. The van der Waals surface area contributed by atoms with Crippen molar-refractivity contribution in [1.82, 2.24) is 35.1 Å². The number of halogens is 2. The number of likely N-dealkylation sites (tertiary alicyclic amines) is 1. The van der Waals surface area contributed by atoms with Crippen LogP contribution in [0.15, 0.2) is 67.3 Å². The van der Waals surface area contributed by atoms with E-state index in [2.05, 4.69) is 47.6 Å². The number of pyridine rings is 1. The van der Waals surface area contributed by atoms with Gasteiger partial charge in [-0.05, 0) is 87.0 Å². The van der Waals surface area contributed by atoms with Crippen LogP contribution in [0, 0.1) is 11.6 Å². The molecule has 0 spiro atoms. The average Bonchev–Trinajstić information content (AvgIpc) is 3.69. The molecule has 0 radical (unpaired) electrons. The van der Waals surface area contributed by atoms with Gasteiger partial charge in [-0.15, -0.1) is 0 Å². The number of primary sulfonamides is 1. The van der Waals surface area contributed by atoms with E-state index in [0.717, 1.165) is 43.8 Å². The molecule has 5 N–H and O–H groups in total. The average molecular weight is 869 g/mol. The van der Waals surface area contributed by atoms with Gasteiger partial charge in [0.1, 0.15) is 23.3 Å². The van der Waals surface area contributed by atoms with Gasteiger partial charge in [0.2, 0.25) is 39.5 Å². The van der Waals surface area contributed by atoms with Crippen LogP contribution in [0.3, 0.4) is 0 Å². The third-order valence-electron chi connectivity index (χ3n) is 12.0. The van der Waals surface area contributed by atoms with Crippen LogP contribution in [-0.2, 0) is 30.8 Å². The van der Waals surface area contributed by atoms with Crippen molar-refractivity contribution in [3.63, 3.8) is 0 Å². The maximum Gasteiger partial charge on any atom is 0.249 e. The summed E-state index contributed by atoms with van der Waals surface area (Å²) in [6.07, 6.45) is 8.46. The Kier molecular flexibility index (Phi) is 12.1. The van der Waals surface area contributed by atoms with Gasteiger partial charge in [-0.2, -0.15) is 0 Å². The van der Waals surface area contributed by atoms with E-state index < -0.39 is 44.3 Å². The van der Waals surface area contributed by atoms with Gasteiger partial charge in [0.05, 0.1) is 17.4 Å². The van der Waals surface area contributed by atoms with E-state index in [1.54, 1.807) is 24.7 Å². The number of H-pyrrole nitrogens is 1. The number of imide groups is 1. The molecule has 3 saturated heterocycles. The molecule has 62 heavy (non-hydrogen) atoms. The maximum absolute atomic E-state index is 15.6. The number of aromatic nitrogens is 4. The molecule has 0 saturated carbocycles. The molecule has 8 rings (SSSR count). The fraction of sp³-hybridized carbons (Fsp3) is 0.372. The highest BCUT2D eigenvalue weighted by Gasteiger charge is 2.30. The van der Waals surface area contributed by atoms with Crippen molar-refractivity contribution in [3.8, 4) is 11.1 Å². The van der Waals surface area contributed by atoms with Crippen molar-refractivity contribution < 1.29 is 36.4 Å². The predicted octanol–water partition coefficient (Wildman–Crippen LogP) is 3.49. The summed E-state index contributed by atoms with van der Waals surface area (Å²) >= 11 is 0. The molecule has 324 valence electrons. The van der Waals surface area contributed by atoms with Crippen LogP contribution >= 0.6 is 0 Å². The highest BCUT2D eigenvalue weighted by Crippen LogP contribution is 2.31. The summed E-state index contributed by atoms with van der Waals surface area (Å²) < 4.78 is 54.1. The van der Waals surface area contributed by atoms with Gasteiger partial charge in [0.25, 0.3) is 0 Å². The number of fused-ring (bicyclic) bond motifs is 1. The van der Waals surface area contributed by atoms with Crippen LogP contribution in [0.5, 0.6) is 0 Å². The molecule has 3 amide bonds. The fourth-order valence-corrected chi connectivity index (χ4v) is 8.67. The summed E-state index contributed by atoms with van der Waals surface area (Å²) in [6, 6.07) is 11.4. The Morgan fingerprint density at radius 1 is 0.919 bits per heavy atom. The van der Waals surface area contributed by atoms with Crippen molar-refractivity contribution in [2.24, 2.45) is 5.14 Å². The number of hydrogen-bond acceptors (Lipinski definition) is 12. The quantitative estimate of drug-likeness (QED) is 0.105. The SMILES string of the molecule is CC(Cc1ccc(F)c(C(=O)c2c[nH]c3ncc(-c4cnc(N5CCN(C(=O)CN6CCC(c7ccc(NC8CCC(=O)NC8=O)cc7)CC6)CC5)nc4)cc23)c1F)S(N)(=O)=O. The predicted molar refractivity (Wildman–Crippen MR) is 227 cm³/mol. The molecule has 3 aliphatic heterocycles. The number of carbonyl (C=O) groups is 4. The summed E-state index contributed by atoms with van der Waals surface area (Å²) in [4.78, 5) is 73.0. The number of piperazine rings is 1. The number of nitrogens with zero attached hydrogens (tertiary/aromatic N) is 6. The Hall–Kier alpha value is -6.18. The fourth-order valence-electron chi connectivity index (χ4n) is 8.26. The topological polar surface area (TPSA) is 217 Å². The molecule has 2 unspecified atom stereocenters. The lowest BCUT2D eigenvalue weighted by Crippen LogP contribution is -2.52. The minimum atomic E-state index is -3.99. The molecular formula is C43H46F2N10O6S. The number of sulfonamides is 1. The summed E-state index contributed by atoms with van der Waals surface area (Å²) in [5.74, 6) is -2.76. The van der Waals surface area contributed by atoms with E-state index in [1.165, 1.54) is 18.7 Å². The van der Waals surface area contributed by atoms with E-state index >= 15 is 4.39 Å². The van der Waals surface area contributed by atoms with Gasteiger partial charge in [-0.3, -0.25) is 29.4 Å². The summed E-state index contributed by atoms with van der Waals surface area (Å²) in [6.45, 7) is 5.45. The number of nitrogens with one attached hydrogen (secondary N) is 3. The number of amides is 3. The lowest BCUT2D eigenvalue weighted by Gasteiger charge is -2.37. The van der Waals surface area contributed by atoms with Gasteiger partial charge in [-0.25, -0.2) is 37.3 Å². The van der Waals surface area contributed by atoms with E-state index in [4.69, 9.17) is 5.14 Å². The van der Waals surface area contributed by atoms with Gasteiger partial charge in [0, 0.05) is 85.2 Å². The third-order valence-corrected chi connectivity index (χ3v) is 13.3. The highest BCUT2D eigenvalue weighted by atomic mass is 32.2. The third kappa shape index (κ3) is 9.19. The lowest BCUT2D eigenvalue weighted by atomic mass is 9.89. The Morgan fingerprint density at radius 3 is 2.29 bits per heavy atom.